The van der Waals surface area contributed by atoms with E-state index >= 15 is 0 Å². The molecule has 0 amide bonds. The lowest BCUT2D eigenvalue weighted by atomic mass is 10.1. The molecule has 0 aliphatic carbocycles. The van der Waals surface area contributed by atoms with Crippen molar-refractivity contribution in [2.45, 2.75) is 19.2 Å². The highest BCUT2D eigenvalue weighted by Gasteiger charge is 2.25. The van der Waals surface area contributed by atoms with Crippen LogP contribution in [0.25, 0.3) is 5.57 Å². The monoisotopic (exact) mass is 519 g/mol. The minimum Gasteiger partial charge on any atom is -0.481 e. The molecule has 0 spiro atoms. The standard InChI is InChI=1S/C22H23FN5O7P/c1-32-21-8-15(18(23)11-26-21)12-33-20-5-4-14(10-25-20)7-16-9-19(35-27-16)17-3-2-6-28(22(17)24)13-34-36(29,30)31/h2-6,8-11,22H,7,12-13,24H2,1H3,(H2,29,30,31). The van der Waals surface area contributed by atoms with Crippen molar-refractivity contribution in [3.05, 3.63) is 83.4 Å². The van der Waals surface area contributed by atoms with Crippen LogP contribution >= 0.6 is 7.82 Å². The molecule has 4 N–H and O–H groups in total. The van der Waals surface area contributed by atoms with Gasteiger partial charge in [-0.25, -0.2) is 18.9 Å². The third-order valence-electron chi connectivity index (χ3n) is 5.12. The fourth-order valence-electron chi connectivity index (χ4n) is 3.29. The van der Waals surface area contributed by atoms with E-state index in [1.54, 1.807) is 42.7 Å². The van der Waals surface area contributed by atoms with Crippen molar-refractivity contribution in [2.75, 3.05) is 13.8 Å². The van der Waals surface area contributed by atoms with Gasteiger partial charge in [-0.05, 0) is 11.6 Å². The van der Waals surface area contributed by atoms with Crippen LogP contribution in [0.4, 0.5) is 4.39 Å². The largest absolute Gasteiger partial charge is 0.481 e. The van der Waals surface area contributed by atoms with Crippen LogP contribution < -0.4 is 15.2 Å². The first kappa shape index (κ1) is 25.5. The maximum absolute atomic E-state index is 13.9. The molecule has 190 valence electrons. The smallest absolute Gasteiger partial charge is 0.471 e. The van der Waals surface area contributed by atoms with Crippen LogP contribution in [0.3, 0.4) is 0 Å². The molecule has 0 saturated carbocycles. The van der Waals surface area contributed by atoms with Gasteiger partial charge >= 0.3 is 7.82 Å². The van der Waals surface area contributed by atoms with Crippen LogP contribution in [0.5, 0.6) is 11.8 Å². The maximum atomic E-state index is 13.9. The fraction of sp³-hybridized carbons (Fsp3) is 0.227. The van der Waals surface area contributed by atoms with E-state index in [1.165, 1.54) is 18.1 Å². The molecular formula is C22H23FN5O7P. The summed E-state index contributed by atoms with van der Waals surface area (Å²) in [6, 6.07) is 6.64. The normalized spacial score (nSPS) is 15.6. The molecule has 3 aromatic heterocycles. The minimum atomic E-state index is -4.64. The van der Waals surface area contributed by atoms with Gasteiger partial charge in [0.15, 0.2) is 5.76 Å². The minimum absolute atomic E-state index is 0.0380. The number of ether oxygens (including phenoxy) is 2. The van der Waals surface area contributed by atoms with E-state index < -0.39 is 26.5 Å². The highest BCUT2D eigenvalue weighted by Crippen LogP contribution is 2.36. The predicted octanol–water partition coefficient (Wildman–Crippen LogP) is 2.35. The van der Waals surface area contributed by atoms with Crippen LogP contribution in [-0.4, -0.2) is 49.8 Å². The molecule has 0 fully saturated rings. The molecule has 4 heterocycles. The Bertz CT molecular complexity index is 1310. The number of allylic oxidation sites excluding steroid dienone is 2. The van der Waals surface area contributed by atoms with E-state index in [1.807, 2.05) is 0 Å². The second kappa shape index (κ2) is 11.0. The first-order chi connectivity index (χ1) is 17.2. The Balaban J connectivity index is 1.35. The third-order valence-corrected chi connectivity index (χ3v) is 5.58. The Morgan fingerprint density at radius 2 is 2.03 bits per heavy atom. The quantitative estimate of drug-likeness (QED) is 0.335. The fourth-order valence-corrected chi connectivity index (χ4v) is 3.58. The lowest BCUT2D eigenvalue weighted by molar-refractivity contribution is 0.110. The zero-order valence-electron chi connectivity index (χ0n) is 19.0. The second-order valence-electron chi connectivity index (χ2n) is 7.64. The summed E-state index contributed by atoms with van der Waals surface area (Å²) >= 11 is 0. The van der Waals surface area contributed by atoms with E-state index in [0.29, 0.717) is 34.9 Å². The Labute approximate surface area is 205 Å². The summed E-state index contributed by atoms with van der Waals surface area (Å²) in [5.41, 5.74) is 8.49. The van der Waals surface area contributed by atoms with Crippen molar-refractivity contribution in [3.8, 4) is 11.8 Å². The number of nitrogens with two attached hydrogens (primary N) is 1. The number of nitrogens with zero attached hydrogens (tertiary/aromatic N) is 4. The van der Waals surface area contributed by atoms with Crippen molar-refractivity contribution < 1.29 is 37.3 Å². The molecule has 1 unspecified atom stereocenters. The Morgan fingerprint density at radius 1 is 1.22 bits per heavy atom. The molecule has 1 aliphatic rings. The first-order valence-corrected chi connectivity index (χ1v) is 12.1. The van der Waals surface area contributed by atoms with Gasteiger partial charge in [-0.3, -0.25) is 4.52 Å². The lowest BCUT2D eigenvalue weighted by Gasteiger charge is -2.30. The van der Waals surface area contributed by atoms with Crippen molar-refractivity contribution in [3.63, 3.8) is 0 Å². The molecular weight excluding hydrogens is 496 g/mol. The number of phosphoric acid groups is 1. The van der Waals surface area contributed by atoms with Gasteiger partial charge in [0, 0.05) is 48.2 Å². The van der Waals surface area contributed by atoms with Crippen LogP contribution in [0.15, 0.2) is 59.5 Å². The van der Waals surface area contributed by atoms with Crippen LogP contribution in [0.2, 0.25) is 0 Å². The first-order valence-electron chi connectivity index (χ1n) is 10.5. The van der Waals surface area contributed by atoms with Crippen molar-refractivity contribution in [1.29, 1.82) is 0 Å². The van der Waals surface area contributed by atoms with Gasteiger partial charge in [0.05, 0.1) is 19.0 Å². The summed E-state index contributed by atoms with van der Waals surface area (Å²) in [6.07, 6.45) is 7.26. The molecule has 3 aromatic rings. The van der Waals surface area contributed by atoms with Gasteiger partial charge in [-0.15, -0.1) is 0 Å². The number of hydrogen-bond acceptors (Lipinski definition) is 10. The topological polar surface area (TPSA) is 166 Å². The molecule has 36 heavy (non-hydrogen) atoms. The number of aromatic nitrogens is 3. The predicted molar refractivity (Wildman–Crippen MR) is 124 cm³/mol. The van der Waals surface area contributed by atoms with Crippen molar-refractivity contribution >= 4 is 13.4 Å². The van der Waals surface area contributed by atoms with Gasteiger partial charge in [0.25, 0.3) is 0 Å². The zero-order chi connectivity index (χ0) is 25.7. The molecule has 0 bridgehead atoms. The number of methoxy groups -OCH3 is 1. The van der Waals surface area contributed by atoms with Gasteiger partial charge in [0.2, 0.25) is 11.8 Å². The molecule has 14 heteroatoms. The van der Waals surface area contributed by atoms with Gasteiger partial charge in [0.1, 0.15) is 25.3 Å². The molecule has 1 aliphatic heterocycles. The van der Waals surface area contributed by atoms with E-state index in [9.17, 15) is 8.96 Å². The van der Waals surface area contributed by atoms with E-state index in [-0.39, 0.29) is 12.5 Å². The Morgan fingerprint density at radius 3 is 2.75 bits per heavy atom. The summed E-state index contributed by atoms with van der Waals surface area (Å²) in [6.45, 7) is -0.439. The van der Waals surface area contributed by atoms with Crippen LogP contribution in [0, 0.1) is 5.82 Å². The number of hydrogen-bond donors (Lipinski definition) is 3. The van der Waals surface area contributed by atoms with Crippen molar-refractivity contribution in [2.24, 2.45) is 5.73 Å². The molecule has 0 radical (unpaired) electrons. The molecule has 0 aromatic carbocycles. The van der Waals surface area contributed by atoms with Gasteiger partial charge in [-0.2, -0.15) is 0 Å². The van der Waals surface area contributed by atoms with E-state index in [4.69, 9.17) is 29.5 Å². The van der Waals surface area contributed by atoms with E-state index in [0.717, 1.165) is 11.8 Å². The summed E-state index contributed by atoms with van der Waals surface area (Å²) in [5.74, 6) is 0.506. The highest BCUT2D eigenvalue weighted by molar-refractivity contribution is 7.46. The summed E-state index contributed by atoms with van der Waals surface area (Å²) < 4.78 is 45.4. The van der Waals surface area contributed by atoms with E-state index in [2.05, 4.69) is 19.6 Å². The zero-order valence-corrected chi connectivity index (χ0v) is 19.9. The van der Waals surface area contributed by atoms with Gasteiger partial charge < -0.3 is 34.4 Å². The average Bonchev–Trinajstić information content (AvgIpc) is 3.31. The summed E-state index contributed by atoms with van der Waals surface area (Å²) in [7, 11) is -3.20. The second-order valence-corrected chi connectivity index (χ2v) is 8.88. The number of halogens is 1. The van der Waals surface area contributed by atoms with Crippen LogP contribution in [-0.2, 0) is 22.1 Å². The highest BCUT2D eigenvalue weighted by atomic mass is 31.2. The average molecular weight is 519 g/mol. The number of pyridine rings is 2. The maximum Gasteiger partial charge on any atom is 0.471 e. The molecule has 4 rings (SSSR count). The summed E-state index contributed by atoms with van der Waals surface area (Å²) in [4.78, 5) is 27.3. The Kier molecular flexibility index (Phi) is 7.77. The van der Waals surface area contributed by atoms with Gasteiger partial charge in [-0.1, -0.05) is 17.3 Å². The molecule has 0 saturated heterocycles. The van der Waals surface area contributed by atoms with Crippen molar-refractivity contribution in [1.82, 2.24) is 20.0 Å². The SMILES string of the molecule is COc1cc(COc2ccc(Cc3cc(C4=CC=CN(COP(=O)(O)O)C4N)on3)cn2)c(F)cn1. The lowest BCUT2D eigenvalue weighted by Crippen LogP contribution is -2.41. The molecule has 1 atom stereocenters. The van der Waals surface area contributed by atoms with Crippen LogP contribution in [0.1, 0.15) is 22.6 Å². The summed E-state index contributed by atoms with van der Waals surface area (Å²) in [5, 5.41) is 4.07. The molecule has 12 nitrogen and oxygen atoms in total. The number of phosphoric ester groups is 1. The third kappa shape index (κ3) is 6.53. The Hall–Kier alpha value is -3.61. The number of rotatable bonds is 10.